The quantitative estimate of drug-likeness (QED) is 0.262. The molecule has 0 unspecified atom stereocenters. The fourth-order valence-electron chi connectivity index (χ4n) is 1.65. The molecule has 0 amide bonds. The molecular weight excluding hydrogens is 280 g/mol. The normalized spacial score (nSPS) is 12.7. The summed E-state index contributed by atoms with van der Waals surface area (Å²) in [4.78, 5) is 0. The van der Waals surface area contributed by atoms with Crippen molar-refractivity contribution in [3.63, 3.8) is 0 Å². The van der Waals surface area contributed by atoms with Gasteiger partial charge in [0.2, 0.25) is 0 Å². The van der Waals surface area contributed by atoms with E-state index < -0.39 is 0 Å². The summed E-state index contributed by atoms with van der Waals surface area (Å²) in [5.74, 6) is 2.35. The van der Waals surface area contributed by atoms with Gasteiger partial charge in [-0.15, -0.1) is 0 Å². The lowest BCUT2D eigenvalue weighted by Crippen LogP contribution is -2.31. The molecule has 1 aromatic carbocycles. The monoisotopic (exact) mass is 300 g/mol. The number of hydrogen-bond acceptors (Lipinski definition) is 3. The summed E-state index contributed by atoms with van der Waals surface area (Å²) in [6, 6.07) is 7.93. The Morgan fingerprint density at radius 1 is 1.37 bits per heavy atom. The minimum absolute atomic E-state index is 0.240. The highest BCUT2D eigenvalue weighted by Gasteiger charge is 2.22. The van der Waals surface area contributed by atoms with Gasteiger partial charge in [0.05, 0.1) is 0 Å². The largest absolute Gasteiger partial charge is 0.409 e. The van der Waals surface area contributed by atoms with Crippen LogP contribution in [0.25, 0.3) is 0 Å². The van der Waals surface area contributed by atoms with Crippen LogP contribution in [0.5, 0.6) is 0 Å². The van der Waals surface area contributed by atoms with Gasteiger partial charge < -0.3 is 10.9 Å². The summed E-state index contributed by atoms with van der Waals surface area (Å²) >= 11 is 7.72. The third kappa shape index (κ3) is 5.74. The Morgan fingerprint density at radius 3 is 2.58 bits per heavy atom. The van der Waals surface area contributed by atoms with Crippen molar-refractivity contribution in [3.8, 4) is 0 Å². The van der Waals surface area contributed by atoms with Gasteiger partial charge in [-0.05, 0) is 36.3 Å². The van der Waals surface area contributed by atoms with E-state index in [0.717, 1.165) is 29.4 Å². The van der Waals surface area contributed by atoms with Gasteiger partial charge in [-0.1, -0.05) is 42.7 Å². The van der Waals surface area contributed by atoms with Gasteiger partial charge in [0.15, 0.2) is 0 Å². The number of rotatable bonds is 7. The highest BCUT2D eigenvalue weighted by molar-refractivity contribution is 7.98. The van der Waals surface area contributed by atoms with Crippen molar-refractivity contribution in [1.82, 2.24) is 0 Å². The average Bonchev–Trinajstić information content (AvgIpc) is 2.39. The lowest BCUT2D eigenvalue weighted by Gasteiger charge is -2.22. The van der Waals surface area contributed by atoms with E-state index in [2.05, 4.69) is 17.3 Å². The first kappa shape index (κ1) is 16.2. The predicted octanol–water partition coefficient (Wildman–Crippen LogP) is 4.13. The molecule has 0 aliphatic carbocycles. The van der Waals surface area contributed by atoms with E-state index in [9.17, 15) is 0 Å². The van der Waals surface area contributed by atoms with E-state index in [1.807, 2.05) is 37.7 Å². The molecule has 0 aliphatic rings. The number of nitrogens with two attached hydrogens (primary N) is 1. The summed E-state index contributed by atoms with van der Waals surface area (Å²) in [5, 5.41) is 12.6. The summed E-state index contributed by atoms with van der Waals surface area (Å²) in [6.45, 7) is 3.98. The fourth-order valence-corrected chi connectivity index (χ4v) is 2.70. The lowest BCUT2D eigenvalue weighted by atomic mass is 9.87. The molecule has 3 nitrogen and oxygen atoms in total. The third-order valence-corrected chi connectivity index (χ3v) is 4.44. The van der Waals surface area contributed by atoms with Crippen LogP contribution < -0.4 is 5.73 Å². The molecule has 1 rings (SSSR count). The van der Waals surface area contributed by atoms with E-state index in [4.69, 9.17) is 22.5 Å². The highest BCUT2D eigenvalue weighted by atomic mass is 35.5. The number of benzene rings is 1. The Balaban J connectivity index is 2.23. The zero-order valence-corrected chi connectivity index (χ0v) is 13.0. The van der Waals surface area contributed by atoms with Gasteiger partial charge in [0.25, 0.3) is 0 Å². The smallest absolute Gasteiger partial charge is 0.144 e. The van der Waals surface area contributed by atoms with Crippen LogP contribution >= 0.6 is 23.4 Å². The zero-order chi connectivity index (χ0) is 14.3. The average molecular weight is 301 g/mol. The topological polar surface area (TPSA) is 58.6 Å². The van der Waals surface area contributed by atoms with Crippen molar-refractivity contribution < 1.29 is 5.21 Å². The second-order valence-corrected chi connectivity index (χ2v) is 6.69. The Bertz CT molecular complexity index is 418. The second kappa shape index (κ2) is 7.65. The summed E-state index contributed by atoms with van der Waals surface area (Å²) in [7, 11) is 0. The molecule has 0 atom stereocenters. The maximum Gasteiger partial charge on any atom is 0.144 e. The van der Waals surface area contributed by atoms with Crippen LogP contribution in [0.2, 0.25) is 5.02 Å². The van der Waals surface area contributed by atoms with Gasteiger partial charge in [-0.25, -0.2) is 0 Å². The number of thioether (sulfide) groups is 1. The predicted molar refractivity (Wildman–Crippen MR) is 84.0 cm³/mol. The standard InChI is InChI=1S/C14H21ClN2OS/c1-14(2,13(16)17-18)8-3-9-19-10-11-4-6-12(15)7-5-11/h4-7,18H,3,8-10H2,1-2H3,(H2,16,17). The summed E-state index contributed by atoms with van der Waals surface area (Å²) < 4.78 is 0. The van der Waals surface area contributed by atoms with Crippen molar-refractivity contribution in [2.75, 3.05) is 5.75 Å². The molecule has 1 aromatic rings. The van der Waals surface area contributed by atoms with Gasteiger partial charge in [0.1, 0.15) is 5.84 Å². The Hall–Kier alpha value is -0.870. The minimum Gasteiger partial charge on any atom is -0.409 e. The first-order valence-electron chi connectivity index (χ1n) is 6.26. The molecular formula is C14H21ClN2OS. The molecule has 0 saturated heterocycles. The molecule has 19 heavy (non-hydrogen) atoms. The number of oxime groups is 1. The molecule has 0 bridgehead atoms. The van der Waals surface area contributed by atoms with Crippen molar-refractivity contribution in [3.05, 3.63) is 34.9 Å². The first-order valence-corrected chi connectivity index (χ1v) is 7.79. The highest BCUT2D eigenvalue weighted by Crippen LogP contribution is 2.24. The van der Waals surface area contributed by atoms with Crippen molar-refractivity contribution in [1.29, 1.82) is 0 Å². The molecule has 0 saturated carbocycles. The van der Waals surface area contributed by atoms with Crippen LogP contribution in [0.1, 0.15) is 32.3 Å². The molecule has 3 N–H and O–H groups in total. The summed E-state index contributed by atoms with van der Waals surface area (Å²) in [6.07, 6.45) is 1.96. The summed E-state index contributed by atoms with van der Waals surface area (Å²) in [5.41, 5.74) is 6.69. The van der Waals surface area contributed by atoms with Crippen LogP contribution in [0.3, 0.4) is 0 Å². The van der Waals surface area contributed by atoms with Crippen LogP contribution in [-0.2, 0) is 5.75 Å². The number of nitrogens with zero attached hydrogens (tertiary/aromatic N) is 1. The molecule has 0 fully saturated rings. The third-order valence-electron chi connectivity index (χ3n) is 3.07. The molecule has 0 heterocycles. The molecule has 0 spiro atoms. The molecule has 0 aromatic heterocycles. The molecule has 106 valence electrons. The van der Waals surface area contributed by atoms with Gasteiger partial charge in [-0.3, -0.25) is 0 Å². The maximum atomic E-state index is 8.69. The van der Waals surface area contributed by atoms with Crippen molar-refractivity contribution in [2.24, 2.45) is 16.3 Å². The lowest BCUT2D eigenvalue weighted by molar-refractivity contribution is 0.305. The number of halogens is 1. The molecule has 0 aliphatic heterocycles. The van der Waals surface area contributed by atoms with E-state index in [0.29, 0.717) is 5.84 Å². The fraction of sp³-hybridized carbons (Fsp3) is 0.500. The van der Waals surface area contributed by atoms with E-state index in [-0.39, 0.29) is 5.41 Å². The Morgan fingerprint density at radius 2 is 2.00 bits per heavy atom. The SMILES string of the molecule is CC(C)(CCCSCc1ccc(Cl)cc1)/C(N)=N/O. The van der Waals surface area contributed by atoms with Crippen LogP contribution in [-0.4, -0.2) is 16.8 Å². The Kier molecular flexibility index (Phi) is 6.52. The zero-order valence-electron chi connectivity index (χ0n) is 11.4. The van der Waals surface area contributed by atoms with E-state index in [1.54, 1.807) is 0 Å². The van der Waals surface area contributed by atoms with Gasteiger partial charge >= 0.3 is 0 Å². The molecule has 5 heteroatoms. The maximum absolute atomic E-state index is 8.69. The first-order chi connectivity index (χ1) is 8.95. The second-order valence-electron chi connectivity index (χ2n) is 5.15. The van der Waals surface area contributed by atoms with Crippen molar-refractivity contribution in [2.45, 2.75) is 32.4 Å². The molecule has 0 radical (unpaired) electrons. The van der Waals surface area contributed by atoms with Crippen LogP contribution in [0.15, 0.2) is 29.4 Å². The van der Waals surface area contributed by atoms with Gasteiger partial charge in [0, 0.05) is 16.2 Å². The van der Waals surface area contributed by atoms with Crippen LogP contribution in [0, 0.1) is 5.41 Å². The van der Waals surface area contributed by atoms with Crippen LogP contribution in [0.4, 0.5) is 0 Å². The number of hydrogen-bond donors (Lipinski definition) is 2. The van der Waals surface area contributed by atoms with Crippen molar-refractivity contribution >= 4 is 29.2 Å². The minimum atomic E-state index is -0.240. The number of amidine groups is 1. The Labute approximate surface area is 124 Å². The van der Waals surface area contributed by atoms with Gasteiger partial charge in [-0.2, -0.15) is 11.8 Å². The van der Waals surface area contributed by atoms with E-state index in [1.165, 1.54) is 5.56 Å². The van der Waals surface area contributed by atoms with E-state index >= 15 is 0 Å².